The zero-order valence-corrected chi connectivity index (χ0v) is 9.40. The summed E-state index contributed by atoms with van der Waals surface area (Å²) in [7, 11) is 0. The average molecular weight is 228 g/mol. The van der Waals surface area contributed by atoms with Crippen molar-refractivity contribution < 1.29 is 19.4 Å². The number of amides is 1. The highest BCUT2D eigenvalue weighted by Gasteiger charge is 2.20. The Balaban J connectivity index is 4.04. The number of nitrogens with one attached hydrogen (secondary N) is 1. The van der Waals surface area contributed by atoms with Crippen molar-refractivity contribution in [3.63, 3.8) is 0 Å². The molecule has 0 heterocycles. The quantitative estimate of drug-likeness (QED) is 0.709. The van der Waals surface area contributed by atoms with Gasteiger partial charge in [-0.25, -0.2) is 9.59 Å². The Bertz CT molecular complexity index is 283. The predicted octanol–water partition coefficient (Wildman–Crippen LogP) is 1.13. The Morgan fingerprint density at radius 3 is 2.56 bits per heavy atom. The van der Waals surface area contributed by atoms with Crippen LogP contribution in [-0.2, 0) is 9.53 Å². The van der Waals surface area contributed by atoms with E-state index in [0.29, 0.717) is 0 Å². The largest absolute Gasteiger partial charge is 0.480 e. The summed E-state index contributed by atoms with van der Waals surface area (Å²) in [6, 6.07) is 0.751. The number of carboxylic acid groups (broad SMARTS) is 1. The molecule has 2 N–H and O–H groups in total. The third-order valence-electron chi connectivity index (χ3n) is 1.68. The van der Waals surface area contributed by atoms with Gasteiger partial charge in [-0.15, -0.1) is 0 Å². The molecule has 1 amide bonds. The van der Waals surface area contributed by atoms with E-state index in [4.69, 9.17) is 15.1 Å². The van der Waals surface area contributed by atoms with Crippen LogP contribution in [-0.4, -0.2) is 29.8 Å². The van der Waals surface area contributed by atoms with Gasteiger partial charge in [-0.3, -0.25) is 0 Å². The van der Waals surface area contributed by atoms with Gasteiger partial charge in [0.25, 0.3) is 0 Å². The van der Waals surface area contributed by atoms with Crippen LogP contribution in [0.15, 0.2) is 0 Å². The number of rotatable bonds is 6. The molecule has 0 aromatic heterocycles. The maximum absolute atomic E-state index is 11.1. The summed E-state index contributed by atoms with van der Waals surface area (Å²) in [4.78, 5) is 21.8. The number of nitrogens with zero attached hydrogens (tertiary/aromatic N) is 1. The fourth-order valence-electron chi connectivity index (χ4n) is 0.893. The molecule has 6 nitrogen and oxygen atoms in total. The van der Waals surface area contributed by atoms with Gasteiger partial charge in [0.2, 0.25) is 0 Å². The van der Waals surface area contributed by atoms with Gasteiger partial charge in [-0.05, 0) is 12.3 Å². The Morgan fingerprint density at radius 2 is 2.12 bits per heavy atom. The lowest BCUT2D eigenvalue weighted by atomic mass is 10.2. The second-order valence-electron chi connectivity index (χ2n) is 3.72. The molecule has 0 saturated carbocycles. The predicted molar refractivity (Wildman–Crippen MR) is 55.6 cm³/mol. The van der Waals surface area contributed by atoms with E-state index in [9.17, 15) is 9.59 Å². The van der Waals surface area contributed by atoms with E-state index < -0.39 is 18.1 Å². The van der Waals surface area contributed by atoms with Crippen LogP contribution in [0.25, 0.3) is 0 Å². The number of alkyl carbamates (subject to hydrolysis) is 1. The van der Waals surface area contributed by atoms with Crippen LogP contribution in [0.3, 0.4) is 0 Å². The minimum atomic E-state index is -1.17. The summed E-state index contributed by atoms with van der Waals surface area (Å²) in [5, 5.41) is 19.3. The van der Waals surface area contributed by atoms with Gasteiger partial charge in [0.1, 0.15) is 6.04 Å². The first-order chi connectivity index (χ1) is 7.47. The van der Waals surface area contributed by atoms with Crippen LogP contribution in [0, 0.1) is 17.2 Å². The lowest BCUT2D eigenvalue weighted by molar-refractivity contribution is -0.139. The van der Waals surface area contributed by atoms with Crippen LogP contribution in [0.2, 0.25) is 0 Å². The topological polar surface area (TPSA) is 99.4 Å². The van der Waals surface area contributed by atoms with E-state index >= 15 is 0 Å². The standard InChI is InChI=1S/C10H16N2O4/c1-7(2)6-16-10(15)12-8(9(13)14)4-3-5-11/h7-8H,3-4,6H2,1-2H3,(H,12,15)(H,13,14). The summed E-state index contributed by atoms with van der Waals surface area (Å²) in [6.45, 7) is 3.98. The molecular weight excluding hydrogens is 212 g/mol. The second kappa shape index (κ2) is 7.51. The van der Waals surface area contributed by atoms with Crippen molar-refractivity contribution in [2.45, 2.75) is 32.7 Å². The molecule has 1 unspecified atom stereocenters. The number of carbonyl (C=O) groups is 2. The first kappa shape index (κ1) is 14.2. The molecule has 0 fully saturated rings. The van der Waals surface area contributed by atoms with Crippen molar-refractivity contribution >= 4 is 12.1 Å². The summed E-state index contributed by atoms with van der Waals surface area (Å²) in [5.74, 6) is -0.982. The number of hydrogen-bond acceptors (Lipinski definition) is 4. The number of hydrogen-bond donors (Lipinski definition) is 2. The molecule has 6 heteroatoms. The smallest absolute Gasteiger partial charge is 0.407 e. The number of carbonyl (C=O) groups excluding carboxylic acids is 1. The molecule has 0 saturated heterocycles. The van der Waals surface area contributed by atoms with Crippen LogP contribution >= 0.6 is 0 Å². The molecular formula is C10H16N2O4. The molecule has 1 atom stereocenters. The first-order valence-electron chi connectivity index (χ1n) is 5.00. The van der Waals surface area contributed by atoms with Crippen LogP contribution < -0.4 is 5.32 Å². The number of ether oxygens (including phenoxy) is 1. The number of aliphatic carboxylic acids is 1. The zero-order chi connectivity index (χ0) is 12.6. The zero-order valence-electron chi connectivity index (χ0n) is 9.40. The number of carboxylic acids is 1. The maximum atomic E-state index is 11.1. The molecule has 0 aliphatic heterocycles. The molecule has 0 spiro atoms. The van der Waals surface area contributed by atoms with E-state index in [1.807, 2.05) is 19.9 Å². The van der Waals surface area contributed by atoms with E-state index in [1.54, 1.807) is 0 Å². The molecule has 0 rings (SSSR count). The lowest BCUT2D eigenvalue weighted by Crippen LogP contribution is -2.41. The van der Waals surface area contributed by atoms with Gasteiger partial charge >= 0.3 is 12.1 Å². The molecule has 0 aromatic rings. The molecule has 16 heavy (non-hydrogen) atoms. The molecule has 0 aliphatic carbocycles. The first-order valence-corrected chi connectivity index (χ1v) is 5.00. The fourth-order valence-corrected chi connectivity index (χ4v) is 0.893. The Kier molecular flexibility index (Phi) is 6.68. The molecule has 0 bridgehead atoms. The van der Waals surface area contributed by atoms with Crippen molar-refractivity contribution in [2.75, 3.05) is 6.61 Å². The van der Waals surface area contributed by atoms with Crippen LogP contribution in [0.4, 0.5) is 4.79 Å². The van der Waals surface area contributed by atoms with E-state index in [1.165, 1.54) is 0 Å². The second-order valence-corrected chi connectivity index (χ2v) is 3.72. The fraction of sp³-hybridized carbons (Fsp3) is 0.700. The van der Waals surface area contributed by atoms with Crippen molar-refractivity contribution in [3.05, 3.63) is 0 Å². The van der Waals surface area contributed by atoms with Gasteiger partial charge in [-0.2, -0.15) is 5.26 Å². The van der Waals surface area contributed by atoms with E-state index in [0.717, 1.165) is 0 Å². The summed E-state index contributed by atoms with van der Waals surface area (Å²) in [6.07, 6.45) is -0.622. The van der Waals surface area contributed by atoms with Crippen molar-refractivity contribution in [3.8, 4) is 6.07 Å². The normalized spacial score (nSPS) is 11.6. The molecule has 90 valence electrons. The van der Waals surface area contributed by atoms with E-state index in [2.05, 4.69) is 5.32 Å². The van der Waals surface area contributed by atoms with Gasteiger partial charge in [0.05, 0.1) is 12.7 Å². The molecule has 0 aliphatic rings. The van der Waals surface area contributed by atoms with Gasteiger partial charge in [0.15, 0.2) is 0 Å². The van der Waals surface area contributed by atoms with Gasteiger partial charge in [0, 0.05) is 6.42 Å². The highest BCUT2D eigenvalue weighted by molar-refractivity contribution is 5.79. The molecule has 0 radical (unpaired) electrons. The van der Waals surface area contributed by atoms with Crippen molar-refractivity contribution in [1.29, 1.82) is 5.26 Å². The van der Waals surface area contributed by atoms with E-state index in [-0.39, 0.29) is 25.4 Å². The third-order valence-corrected chi connectivity index (χ3v) is 1.68. The minimum Gasteiger partial charge on any atom is -0.480 e. The van der Waals surface area contributed by atoms with Crippen LogP contribution in [0.5, 0.6) is 0 Å². The minimum absolute atomic E-state index is 0.0709. The Hall–Kier alpha value is -1.77. The Morgan fingerprint density at radius 1 is 1.50 bits per heavy atom. The maximum Gasteiger partial charge on any atom is 0.407 e. The van der Waals surface area contributed by atoms with Crippen molar-refractivity contribution in [2.24, 2.45) is 5.92 Å². The summed E-state index contributed by atoms with van der Waals surface area (Å²) in [5.41, 5.74) is 0. The van der Waals surface area contributed by atoms with Gasteiger partial charge in [-0.1, -0.05) is 13.8 Å². The third kappa shape index (κ3) is 6.65. The SMILES string of the molecule is CC(C)COC(=O)NC(CCC#N)C(=O)O. The monoisotopic (exact) mass is 228 g/mol. The summed E-state index contributed by atoms with van der Waals surface area (Å²) >= 11 is 0. The lowest BCUT2D eigenvalue weighted by Gasteiger charge is -2.13. The highest BCUT2D eigenvalue weighted by atomic mass is 16.5. The Labute approximate surface area is 94.2 Å². The van der Waals surface area contributed by atoms with Gasteiger partial charge < -0.3 is 15.2 Å². The summed E-state index contributed by atoms with van der Waals surface area (Å²) < 4.78 is 4.77. The van der Waals surface area contributed by atoms with Crippen molar-refractivity contribution in [1.82, 2.24) is 5.32 Å². The average Bonchev–Trinajstić information content (AvgIpc) is 2.20. The highest BCUT2D eigenvalue weighted by Crippen LogP contribution is 1.99. The number of nitriles is 1. The molecule has 0 aromatic carbocycles. The van der Waals surface area contributed by atoms with Crippen LogP contribution in [0.1, 0.15) is 26.7 Å².